The van der Waals surface area contributed by atoms with Gasteiger partial charge in [0.2, 0.25) is 0 Å². The number of ether oxygens (including phenoxy) is 1. The van der Waals surface area contributed by atoms with Crippen molar-refractivity contribution in [2.75, 3.05) is 45.2 Å². The van der Waals surface area contributed by atoms with Crippen LogP contribution in [0.5, 0.6) is 0 Å². The predicted molar refractivity (Wildman–Crippen MR) is 78.1 cm³/mol. The Balaban J connectivity index is 1.85. The average Bonchev–Trinajstić information content (AvgIpc) is 2.54. The number of aromatic nitrogens is 2. The fraction of sp³-hybridized carbons (Fsp3) is 0.643. The van der Waals surface area contributed by atoms with E-state index in [1.54, 1.807) is 6.20 Å². The summed E-state index contributed by atoms with van der Waals surface area (Å²) in [6.07, 6.45) is 5.17. The Kier molecular flexibility index (Phi) is 5.89. The van der Waals surface area contributed by atoms with Crippen LogP contribution in [0.2, 0.25) is 0 Å². The van der Waals surface area contributed by atoms with Gasteiger partial charge in [-0.2, -0.15) is 0 Å². The second kappa shape index (κ2) is 7.90. The summed E-state index contributed by atoms with van der Waals surface area (Å²) in [6, 6.07) is 0. The summed E-state index contributed by atoms with van der Waals surface area (Å²) in [5, 5.41) is 12.1. The number of hydrogen-bond acceptors (Lipinski definition) is 7. The third-order valence-corrected chi connectivity index (χ3v) is 3.76. The molecule has 7 heteroatoms. The molecule has 0 saturated carbocycles. The number of hydrogen-bond donors (Lipinski definition) is 2. The molecule has 0 radical (unpaired) electrons. The van der Waals surface area contributed by atoms with E-state index in [1.165, 1.54) is 13.3 Å². The molecule has 0 amide bonds. The molecule has 1 aromatic rings. The number of esters is 1. The Morgan fingerprint density at radius 1 is 1.43 bits per heavy atom. The van der Waals surface area contributed by atoms with E-state index in [0.717, 1.165) is 39.0 Å². The van der Waals surface area contributed by atoms with E-state index in [4.69, 9.17) is 9.84 Å². The van der Waals surface area contributed by atoms with Crippen LogP contribution in [-0.4, -0.2) is 65.8 Å². The maximum atomic E-state index is 11.6. The van der Waals surface area contributed by atoms with Crippen molar-refractivity contribution in [1.82, 2.24) is 14.9 Å². The van der Waals surface area contributed by atoms with Crippen molar-refractivity contribution in [1.29, 1.82) is 0 Å². The highest BCUT2D eigenvalue weighted by atomic mass is 16.5. The second-order valence-electron chi connectivity index (χ2n) is 5.13. The van der Waals surface area contributed by atoms with E-state index in [2.05, 4.69) is 20.2 Å². The van der Waals surface area contributed by atoms with Gasteiger partial charge in [-0.25, -0.2) is 14.8 Å². The fourth-order valence-electron chi connectivity index (χ4n) is 2.51. The van der Waals surface area contributed by atoms with E-state index in [9.17, 15) is 4.79 Å². The standard InChI is InChI=1S/C14H22N4O3/c1-21-14(20)12-13(16-5-4-15-12)17-10-11-2-6-18(7-3-11)8-9-19/h4-5,11,19H,2-3,6-10H2,1H3,(H,16,17). The summed E-state index contributed by atoms with van der Waals surface area (Å²) < 4.78 is 4.70. The van der Waals surface area contributed by atoms with E-state index in [1.807, 2.05) is 0 Å². The molecular weight excluding hydrogens is 272 g/mol. The lowest BCUT2D eigenvalue weighted by molar-refractivity contribution is 0.0594. The number of carbonyl (C=O) groups excluding carboxylic acids is 1. The van der Waals surface area contributed by atoms with Crippen LogP contribution in [0.4, 0.5) is 5.82 Å². The number of carbonyl (C=O) groups is 1. The van der Waals surface area contributed by atoms with Gasteiger partial charge >= 0.3 is 5.97 Å². The molecule has 2 heterocycles. The largest absolute Gasteiger partial charge is 0.464 e. The quantitative estimate of drug-likeness (QED) is 0.733. The zero-order valence-electron chi connectivity index (χ0n) is 12.3. The van der Waals surface area contributed by atoms with Gasteiger partial charge in [0.15, 0.2) is 11.5 Å². The highest BCUT2D eigenvalue weighted by Gasteiger charge is 2.20. The number of nitrogens with one attached hydrogen (secondary N) is 1. The highest BCUT2D eigenvalue weighted by molar-refractivity contribution is 5.92. The maximum Gasteiger partial charge on any atom is 0.360 e. The number of likely N-dealkylation sites (tertiary alicyclic amines) is 1. The number of anilines is 1. The first-order chi connectivity index (χ1) is 10.2. The number of aliphatic hydroxyl groups excluding tert-OH is 1. The molecule has 1 saturated heterocycles. The average molecular weight is 294 g/mol. The van der Waals surface area contributed by atoms with E-state index in [-0.39, 0.29) is 12.3 Å². The molecule has 1 aliphatic heterocycles. The van der Waals surface area contributed by atoms with E-state index < -0.39 is 5.97 Å². The van der Waals surface area contributed by atoms with Gasteiger partial charge < -0.3 is 20.1 Å². The van der Waals surface area contributed by atoms with Crippen molar-refractivity contribution in [3.8, 4) is 0 Å². The maximum absolute atomic E-state index is 11.6. The molecule has 1 aliphatic rings. The van der Waals surface area contributed by atoms with Gasteiger partial charge in [-0.15, -0.1) is 0 Å². The zero-order valence-corrected chi connectivity index (χ0v) is 12.3. The van der Waals surface area contributed by atoms with Crippen LogP contribution in [0.1, 0.15) is 23.3 Å². The van der Waals surface area contributed by atoms with Gasteiger partial charge in [-0.1, -0.05) is 0 Å². The van der Waals surface area contributed by atoms with Crippen molar-refractivity contribution >= 4 is 11.8 Å². The summed E-state index contributed by atoms with van der Waals surface area (Å²) in [4.78, 5) is 22.0. The van der Waals surface area contributed by atoms with Crippen molar-refractivity contribution < 1.29 is 14.6 Å². The van der Waals surface area contributed by atoms with Crippen molar-refractivity contribution in [3.05, 3.63) is 18.1 Å². The number of rotatable bonds is 6. The van der Waals surface area contributed by atoms with Gasteiger partial charge in [0.25, 0.3) is 0 Å². The lowest BCUT2D eigenvalue weighted by Gasteiger charge is -2.31. The SMILES string of the molecule is COC(=O)c1nccnc1NCC1CCN(CCO)CC1. The Hall–Kier alpha value is -1.73. The lowest BCUT2D eigenvalue weighted by Crippen LogP contribution is -2.37. The van der Waals surface area contributed by atoms with Gasteiger partial charge in [0.05, 0.1) is 13.7 Å². The first-order valence-electron chi connectivity index (χ1n) is 7.21. The Bertz CT molecular complexity index is 461. The monoisotopic (exact) mass is 294 g/mol. The van der Waals surface area contributed by atoms with Gasteiger partial charge in [-0.3, -0.25) is 0 Å². The molecule has 0 bridgehead atoms. The molecule has 7 nitrogen and oxygen atoms in total. The number of aliphatic hydroxyl groups is 1. The molecule has 2 N–H and O–H groups in total. The minimum absolute atomic E-state index is 0.213. The molecule has 116 valence electrons. The number of β-amino-alcohol motifs (C(OH)–C–C–N with tert-alkyl or cyclic N) is 1. The minimum Gasteiger partial charge on any atom is -0.464 e. The molecule has 0 spiro atoms. The third-order valence-electron chi connectivity index (χ3n) is 3.76. The van der Waals surface area contributed by atoms with Crippen LogP contribution < -0.4 is 5.32 Å². The summed E-state index contributed by atoms with van der Waals surface area (Å²) in [7, 11) is 1.33. The molecule has 0 unspecified atom stereocenters. The molecule has 2 rings (SSSR count). The second-order valence-corrected chi connectivity index (χ2v) is 5.13. The summed E-state index contributed by atoms with van der Waals surface area (Å²) in [5.74, 6) is 0.526. The van der Waals surface area contributed by atoms with Crippen LogP contribution >= 0.6 is 0 Å². The van der Waals surface area contributed by atoms with Crippen LogP contribution in [-0.2, 0) is 4.74 Å². The van der Waals surface area contributed by atoms with Crippen molar-refractivity contribution in [2.24, 2.45) is 5.92 Å². The first kappa shape index (κ1) is 15.7. The minimum atomic E-state index is -0.483. The van der Waals surface area contributed by atoms with Crippen LogP contribution in [0, 0.1) is 5.92 Å². The van der Waals surface area contributed by atoms with E-state index in [0.29, 0.717) is 11.7 Å². The van der Waals surface area contributed by atoms with Crippen LogP contribution in [0.3, 0.4) is 0 Å². The van der Waals surface area contributed by atoms with Gasteiger partial charge in [0, 0.05) is 25.5 Å². The lowest BCUT2D eigenvalue weighted by atomic mass is 9.97. The van der Waals surface area contributed by atoms with Crippen LogP contribution in [0.15, 0.2) is 12.4 Å². The normalized spacial score (nSPS) is 16.7. The van der Waals surface area contributed by atoms with Gasteiger partial charge in [0.1, 0.15) is 0 Å². The topological polar surface area (TPSA) is 87.6 Å². The Morgan fingerprint density at radius 3 is 2.81 bits per heavy atom. The molecule has 21 heavy (non-hydrogen) atoms. The first-order valence-corrected chi connectivity index (χ1v) is 7.21. The molecule has 0 aliphatic carbocycles. The predicted octanol–water partition coefficient (Wildman–Crippen LogP) is 0.379. The van der Waals surface area contributed by atoms with Crippen LogP contribution in [0.25, 0.3) is 0 Å². The van der Waals surface area contributed by atoms with Gasteiger partial charge in [-0.05, 0) is 31.8 Å². The molecule has 1 aromatic heterocycles. The molecule has 0 aromatic carbocycles. The fourth-order valence-corrected chi connectivity index (χ4v) is 2.51. The number of methoxy groups -OCH3 is 1. The van der Waals surface area contributed by atoms with Crippen molar-refractivity contribution in [2.45, 2.75) is 12.8 Å². The van der Waals surface area contributed by atoms with E-state index >= 15 is 0 Å². The smallest absolute Gasteiger partial charge is 0.360 e. The molecule has 0 atom stereocenters. The molecular formula is C14H22N4O3. The number of piperidine rings is 1. The number of nitrogens with zero attached hydrogens (tertiary/aromatic N) is 3. The summed E-state index contributed by atoms with van der Waals surface area (Å²) in [5.41, 5.74) is 0.220. The molecule has 1 fully saturated rings. The summed E-state index contributed by atoms with van der Waals surface area (Å²) >= 11 is 0. The van der Waals surface area contributed by atoms with Crippen molar-refractivity contribution in [3.63, 3.8) is 0 Å². The zero-order chi connectivity index (χ0) is 15.1. The Morgan fingerprint density at radius 2 is 2.14 bits per heavy atom. The highest BCUT2D eigenvalue weighted by Crippen LogP contribution is 2.18. The third kappa shape index (κ3) is 4.37. The Labute approximate surface area is 124 Å². The summed E-state index contributed by atoms with van der Waals surface area (Å²) in [6.45, 7) is 3.71.